The second-order valence-electron chi connectivity index (χ2n) is 3.52. The third-order valence-electron chi connectivity index (χ3n) is 2.28. The van der Waals surface area contributed by atoms with Gasteiger partial charge >= 0.3 is 12.3 Å². The first-order valence-electron chi connectivity index (χ1n) is 4.82. The Balaban J connectivity index is 2.50. The van der Waals surface area contributed by atoms with Crippen LogP contribution in [0.5, 0.6) is 0 Å². The van der Waals surface area contributed by atoms with E-state index in [9.17, 15) is 17.6 Å². The molecule has 0 aromatic heterocycles. The van der Waals surface area contributed by atoms with Gasteiger partial charge in [-0.15, -0.1) is 0 Å². The van der Waals surface area contributed by atoms with Crippen LogP contribution in [0.3, 0.4) is 0 Å². The molecule has 1 nitrogen and oxygen atoms in total. The van der Waals surface area contributed by atoms with E-state index in [1.165, 1.54) is 0 Å². The van der Waals surface area contributed by atoms with E-state index in [0.717, 1.165) is 5.56 Å². The fraction of sp³-hybridized carbons (Fsp3) is 0.455. The molecule has 0 saturated carbocycles. The van der Waals surface area contributed by atoms with Gasteiger partial charge in [-0.2, -0.15) is 8.78 Å². The summed E-state index contributed by atoms with van der Waals surface area (Å²) in [6, 6.07) is 8.56. The summed E-state index contributed by atoms with van der Waals surface area (Å²) < 4.78 is 49.0. The van der Waals surface area contributed by atoms with Gasteiger partial charge in [0.05, 0.1) is 0 Å². The largest absolute Gasteiger partial charge is 0.387 e. The SMILES string of the molecule is OC(CCc1ccccc1)C(F)(F)C(F)F. The summed E-state index contributed by atoms with van der Waals surface area (Å²) in [7, 11) is 0. The highest BCUT2D eigenvalue weighted by Gasteiger charge is 2.47. The fourth-order valence-corrected chi connectivity index (χ4v) is 1.29. The minimum atomic E-state index is -4.34. The molecular formula is C11H12F4O. The van der Waals surface area contributed by atoms with Crippen LogP contribution in [0.4, 0.5) is 17.6 Å². The Morgan fingerprint density at radius 1 is 1.12 bits per heavy atom. The summed E-state index contributed by atoms with van der Waals surface area (Å²) in [5, 5.41) is 8.98. The van der Waals surface area contributed by atoms with Crippen LogP contribution in [-0.4, -0.2) is 23.6 Å². The molecule has 0 amide bonds. The van der Waals surface area contributed by atoms with Gasteiger partial charge in [-0.25, -0.2) is 8.78 Å². The first kappa shape index (κ1) is 13.0. The molecule has 0 fully saturated rings. The number of aliphatic hydroxyl groups excluding tert-OH is 1. The molecule has 0 bridgehead atoms. The van der Waals surface area contributed by atoms with Crippen molar-refractivity contribution >= 4 is 0 Å². The number of aryl methyl sites for hydroxylation is 1. The first-order chi connectivity index (χ1) is 7.44. The summed E-state index contributed by atoms with van der Waals surface area (Å²) in [6.07, 6.45) is -6.39. The smallest absolute Gasteiger partial charge is 0.332 e. The molecule has 1 aromatic carbocycles. The van der Waals surface area contributed by atoms with Gasteiger partial charge in [-0.3, -0.25) is 0 Å². The number of hydrogen-bond donors (Lipinski definition) is 1. The highest BCUT2D eigenvalue weighted by Crippen LogP contribution is 2.29. The predicted octanol–water partition coefficient (Wildman–Crippen LogP) is 2.88. The van der Waals surface area contributed by atoms with Crippen LogP contribution in [0, 0.1) is 0 Å². The molecule has 0 radical (unpaired) electrons. The van der Waals surface area contributed by atoms with Crippen molar-refractivity contribution in [3.05, 3.63) is 35.9 Å². The number of alkyl halides is 4. The van der Waals surface area contributed by atoms with Crippen LogP contribution in [0.15, 0.2) is 30.3 Å². The van der Waals surface area contributed by atoms with Crippen molar-refractivity contribution < 1.29 is 22.7 Å². The summed E-state index contributed by atoms with van der Waals surface area (Å²) in [4.78, 5) is 0. The first-order valence-corrected chi connectivity index (χ1v) is 4.82. The molecule has 0 aliphatic rings. The van der Waals surface area contributed by atoms with Gasteiger partial charge in [0.1, 0.15) is 6.10 Å². The van der Waals surface area contributed by atoms with Crippen LogP contribution in [0.25, 0.3) is 0 Å². The molecule has 0 saturated heterocycles. The zero-order valence-electron chi connectivity index (χ0n) is 8.41. The highest BCUT2D eigenvalue weighted by atomic mass is 19.3. The lowest BCUT2D eigenvalue weighted by Gasteiger charge is -2.21. The van der Waals surface area contributed by atoms with Crippen LogP contribution >= 0.6 is 0 Å². The minimum absolute atomic E-state index is 0.143. The van der Waals surface area contributed by atoms with E-state index in [2.05, 4.69) is 0 Å². The van der Waals surface area contributed by atoms with Crippen LogP contribution in [0.1, 0.15) is 12.0 Å². The maximum absolute atomic E-state index is 12.6. The molecule has 0 heterocycles. The van der Waals surface area contributed by atoms with Crippen LogP contribution in [-0.2, 0) is 6.42 Å². The third kappa shape index (κ3) is 3.20. The van der Waals surface area contributed by atoms with Gasteiger partial charge < -0.3 is 5.11 Å². The quantitative estimate of drug-likeness (QED) is 0.779. The fourth-order valence-electron chi connectivity index (χ4n) is 1.29. The summed E-state index contributed by atoms with van der Waals surface area (Å²) in [6.45, 7) is 0. The average Bonchev–Trinajstić information content (AvgIpc) is 2.27. The Labute approximate surface area is 90.7 Å². The predicted molar refractivity (Wildman–Crippen MR) is 51.7 cm³/mol. The monoisotopic (exact) mass is 236 g/mol. The van der Waals surface area contributed by atoms with Gasteiger partial charge in [0.15, 0.2) is 0 Å². The van der Waals surface area contributed by atoms with Gasteiger partial charge in [0.25, 0.3) is 0 Å². The van der Waals surface area contributed by atoms with E-state index in [0.29, 0.717) is 0 Å². The van der Waals surface area contributed by atoms with Crippen molar-refractivity contribution in [2.24, 2.45) is 0 Å². The summed E-state index contributed by atoms with van der Waals surface area (Å²) in [5.74, 6) is -4.34. The van der Waals surface area contributed by atoms with Crippen molar-refractivity contribution in [3.63, 3.8) is 0 Å². The molecule has 1 rings (SSSR count). The van der Waals surface area contributed by atoms with Crippen molar-refractivity contribution in [2.75, 3.05) is 0 Å². The molecule has 5 heteroatoms. The third-order valence-corrected chi connectivity index (χ3v) is 2.28. The lowest BCUT2D eigenvalue weighted by Crippen LogP contribution is -2.40. The van der Waals surface area contributed by atoms with Gasteiger partial charge in [0, 0.05) is 0 Å². The van der Waals surface area contributed by atoms with E-state index in [1.54, 1.807) is 30.3 Å². The maximum atomic E-state index is 12.6. The normalized spacial score (nSPS) is 14.1. The van der Waals surface area contributed by atoms with Crippen molar-refractivity contribution in [1.29, 1.82) is 0 Å². The molecule has 0 spiro atoms. The number of benzene rings is 1. The highest BCUT2D eigenvalue weighted by molar-refractivity contribution is 5.14. The molecule has 0 aliphatic heterocycles. The van der Waals surface area contributed by atoms with Crippen LogP contribution < -0.4 is 0 Å². The minimum Gasteiger partial charge on any atom is -0.387 e. The van der Waals surface area contributed by atoms with E-state index in [-0.39, 0.29) is 12.8 Å². The summed E-state index contributed by atoms with van der Waals surface area (Å²) >= 11 is 0. The molecule has 90 valence electrons. The zero-order chi connectivity index (χ0) is 12.2. The number of rotatable bonds is 5. The molecule has 1 N–H and O–H groups in total. The molecule has 0 aliphatic carbocycles. The Morgan fingerprint density at radius 2 is 1.69 bits per heavy atom. The van der Waals surface area contributed by atoms with Crippen molar-refractivity contribution in [2.45, 2.75) is 31.3 Å². The second kappa shape index (κ2) is 5.30. The lowest BCUT2D eigenvalue weighted by atomic mass is 10.0. The molecular weight excluding hydrogens is 224 g/mol. The topological polar surface area (TPSA) is 20.2 Å². The van der Waals surface area contributed by atoms with E-state index >= 15 is 0 Å². The van der Waals surface area contributed by atoms with Crippen LogP contribution in [0.2, 0.25) is 0 Å². The molecule has 1 aromatic rings. The molecule has 1 atom stereocenters. The van der Waals surface area contributed by atoms with E-state index in [4.69, 9.17) is 5.11 Å². The van der Waals surface area contributed by atoms with E-state index in [1.807, 2.05) is 0 Å². The average molecular weight is 236 g/mol. The number of halogens is 4. The second-order valence-corrected chi connectivity index (χ2v) is 3.52. The van der Waals surface area contributed by atoms with Gasteiger partial charge in [0.2, 0.25) is 0 Å². The Kier molecular flexibility index (Phi) is 4.29. The van der Waals surface area contributed by atoms with E-state index < -0.39 is 18.5 Å². The number of hydrogen-bond acceptors (Lipinski definition) is 1. The lowest BCUT2D eigenvalue weighted by molar-refractivity contribution is -0.192. The zero-order valence-corrected chi connectivity index (χ0v) is 8.41. The Bertz CT molecular complexity index is 313. The maximum Gasteiger partial charge on any atom is 0.332 e. The van der Waals surface area contributed by atoms with Crippen molar-refractivity contribution in [3.8, 4) is 0 Å². The number of aliphatic hydroxyl groups is 1. The molecule has 1 unspecified atom stereocenters. The molecule has 16 heavy (non-hydrogen) atoms. The van der Waals surface area contributed by atoms with Gasteiger partial charge in [-0.1, -0.05) is 30.3 Å². The standard InChI is InChI=1S/C11H12F4O/c12-10(13)11(14,15)9(16)7-6-8-4-2-1-3-5-8/h1-5,9-10,16H,6-7H2. The summed E-state index contributed by atoms with van der Waals surface area (Å²) in [5.41, 5.74) is 0.728. The Hall–Kier alpha value is -1.10. The Morgan fingerprint density at radius 3 is 2.19 bits per heavy atom. The van der Waals surface area contributed by atoms with Crippen molar-refractivity contribution in [1.82, 2.24) is 0 Å². The van der Waals surface area contributed by atoms with Gasteiger partial charge in [-0.05, 0) is 18.4 Å².